The Morgan fingerprint density at radius 3 is 2.74 bits per heavy atom. The number of pyridine rings is 1. The predicted octanol–water partition coefficient (Wildman–Crippen LogP) is 3.32. The van der Waals surface area contributed by atoms with Crippen LogP contribution in [0, 0.1) is 0 Å². The van der Waals surface area contributed by atoms with Gasteiger partial charge in [-0.1, -0.05) is 25.5 Å². The van der Waals surface area contributed by atoms with Crippen molar-refractivity contribution >= 4 is 27.8 Å². The van der Waals surface area contributed by atoms with Crippen LogP contribution in [0.4, 0.5) is 5.82 Å². The van der Waals surface area contributed by atoms with Crippen molar-refractivity contribution in [1.82, 2.24) is 15.0 Å². The topological polar surface area (TPSA) is 93.6 Å². The third-order valence-electron chi connectivity index (χ3n) is 4.28. The highest BCUT2D eigenvalue weighted by atomic mass is 15.0. The average Bonchev–Trinajstić information content (AvgIpc) is 2.98. The van der Waals surface area contributed by atoms with Gasteiger partial charge in [0.25, 0.3) is 0 Å². The van der Waals surface area contributed by atoms with Crippen molar-refractivity contribution in [2.24, 2.45) is 5.73 Å². The summed E-state index contributed by atoms with van der Waals surface area (Å²) in [6, 6.07) is 6.22. The van der Waals surface area contributed by atoms with Crippen LogP contribution >= 0.6 is 0 Å². The van der Waals surface area contributed by atoms with E-state index in [1.54, 1.807) is 0 Å². The number of nitrogens with zero attached hydrogens (tertiary/aromatic N) is 2. The Balaban J connectivity index is 2.12. The number of hydrogen-bond acceptors (Lipinski definition) is 4. The third-order valence-corrected chi connectivity index (χ3v) is 4.28. The molecule has 0 bridgehead atoms. The van der Waals surface area contributed by atoms with E-state index in [1.165, 1.54) is 5.56 Å². The van der Waals surface area contributed by atoms with E-state index in [0.717, 1.165) is 72.8 Å². The normalized spacial score (nSPS) is 11.6. The van der Waals surface area contributed by atoms with Crippen molar-refractivity contribution in [3.05, 3.63) is 29.6 Å². The standard InChI is InChI=1S/C18H25N5/c1-2-3-10-14-22-16-15-12(7-4-5-11-19)8-6-9-13(15)21-18(20)17(16)23-14/h6,8-9H,2-5,7,10-11,19H2,1H3,(H2,20,21)(H,22,23). The van der Waals surface area contributed by atoms with Gasteiger partial charge in [-0.3, -0.25) is 0 Å². The van der Waals surface area contributed by atoms with Crippen LogP contribution in [0.1, 0.15) is 44.0 Å². The number of H-pyrrole nitrogens is 1. The van der Waals surface area contributed by atoms with Gasteiger partial charge in [-0.05, 0) is 43.9 Å². The van der Waals surface area contributed by atoms with Crippen LogP contribution in [0.25, 0.3) is 21.9 Å². The molecule has 0 aliphatic heterocycles. The first-order valence-corrected chi connectivity index (χ1v) is 8.50. The molecule has 0 aliphatic carbocycles. The number of imidazole rings is 1. The summed E-state index contributed by atoms with van der Waals surface area (Å²) in [6.07, 6.45) is 6.32. The van der Waals surface area contributed by atoms with Gasteiger partial charge in [0.1, 0.15) is 22.7 Å². The summed E-state index contributed by atoms with van der Waals surface area (Å²) >= 11 is 0. The lowest BCUT2D eigenvalue weighted by Crippen LogP contribution is -2.00. The highest BCUT2D eigenvalue weighted by Gasteiger charge is 2.14. The first-order chi connectivity index (χ1) is 11.2. The maximum Gasteiger partial charge on any atom is 0.150 e. The molecular formula is C18H25N5. The summed E-state index contributed by atoms with van der Waals surface area (Å²) in [7, 11) is 0. The second kappa shape index (κ2) is 6.96. The number of unbranched alkanes of at least 4 members (excludes halogenated alkanes) is 2. The van der Waals surface area contributed by atoms with Crippen LogP contribution in [-0.2, 0) is 12.8 Å². The van der Waals surface area contributed by atoms with E-state index in [0.29, 0.717) is 5.82 Å². The van der Waals surface area contributed by atoms with Gasteiger partial charge in [-0.15, -0.1) is 0 Å². The molecule has 3 aromatic rings. The van der Waals surface area contributed by atoms with E-state index in [2.05, 4.69) is 23.0 Å². The Labute approximate surface area is 136 Å². The molecule has 5 nitrogen and oxygen atoms in total. The van der Waals surface area contributed by atoms with Crippen LogP contribution in [0.3, 0.4) is 0 Å². The molecule has 0 saturated heterocycles. The molecule has 5 heteroatoms. The first-order valence-electron chi connectivity index (χ1n) is 8.50. The fourth-order valence-corrected chi connectivity index (χ4v) is 3.06. The molecule has 122 valence electrons. The van der Waals surface area contributed by atoms with Crippen LogP contribution in [0.5, 0.6) is 0 Å². The van der Waals surface area contributed by atoms with Gasteiger partial charge in [0.15, 0.2) is 0 Å². The maximum absolute atomic E-state index is 6.14. The first kappa shape index (κ1) is 15.7. The van der Waals surface area contributed by atoms with Gasteiger partial charge in [-0.25, -0.2) is 9.97 Å². The lowest BCUT2D eigenvalue weighted by atomic mass is 10.0. The zero-order chi connectivity index (χ0) is 16.2. The zero-order valence-electron chi connectivity index (χ0n) is 13.7. The molecule has 5 N–H and O–H groups in total. The smallest absolute Gasteiger partial charge is 0.150 e. The number of nitrogens with two attached hydrogens (primary N) is 2. The summed E-state index contributed by atoms with van der Waals surface area (Å²) in [5, 5.41) is 1.13. The molecule has 23 heavy (non-hydrogen) atoms. The van der Waals surface area contributed by atoms with Gasteiger partial charge >= 0.3 is 0 Å². The largest absolute Gasteiger partial charge is 0.382 e. The maximum atomic E-state index is 6.14. The number of rotatable bonds is 7. The van der Waals surface area contributed by atoms with Crippen LogP contribution in [0.2, 0.25) is 0 Å². The quantitative estimate of drug-likeness (QED) is 0.583. The highest BCUT2D eigenvalue weighted by molar-refractivity contribution is 6.07. The Morgan fingerprint density at radius 2 is 1.96 bits per heavy atom. The average molecular weight is 311 g/mol. The monoisotopic (exact) mass is 311 g/mol. The molecule has 2 aromatic heterocycles. The van der Waals surface area contributed by atoms with E-state index in [1.807, 2.05) is 12.1 Å². The van der Waals surface area contributed by atoms with Crippen molar-refractivity contribution in [3.63, 3.8) is 0 Å². The Morgan fingerprint density at radius 1 is 1.09 bits per heavy atom. The fraction of sp³-hybridized carbons (Fsp3) is 0.444. The molecule has 0 aliphatic rings. The molecule has 0 unspecified atom stereocenters. The highest BCUT2D eigenvalue weighted by Crippen LogP contribution is 2.29. The van der Waals surface area contributed by atoms with Gasteiger partial charge in [0, 0.05) is 11.8 Å². The second-order valence-corrected chi connectivity index (χ2v) is 6.06. The van der Waals surface area contributed by atoms with Crippen molar-refractivity contribution in [1.29, 1.82) is 0 Å². The minimum atomic E-state index is 0.529. The fourth-order valence-electron chi connectivity index (χ4n) is 3.06. The third kappa shape index (κ3) is 3.15. The van der Waals surface area contributed by atoms with Crippen LogP contribution in [-0.4, -0.2) is 21.5 Å². The summed E-state index contributed by atoms with van der Waals surface area (Å²) in [5.41, 5.74) is 15.8. The molecule has 0 atom stereocenters. The van der Waals surface area contributed by atoms with Gasteiger partial charge in [0.05, 0.1) is 5.52 Å². The number of aromatic amines is 1. The molecule has 0 saturated carbocycles. The molecule has 0 amide bonds. The molecule has 0 spiro atoms. The number of aromatic nitrogens is 3. The van der Waals surface area contributed by atoms with Gasteiger partial charge < -0.3 is 16.5 Å². The van der Waals surface area contributed by atoms with E-state index in [-0.39, 0.29) is 0 Å². The van der Waals surface area contributed by atoms with Gasteiger partial charge in [-0.2, -0.15) is 0 Å². The Kier molecular flexibility index (Phi) is 4.76. The number of anilines is 1. The molecule has 0 radical (unpaired) electrons. The van der Waals surface area contributed by atoms with Crippen LogP contribution in [0.15, 0.2) is 18.2 Å². The number of benzene rings is 1. The summed E-state index contributed by atoms with van der Waals surface area (Å²) in [6.45, 7) is 2.92. The Bertz CT molecular complexity index is 806. The predicted molar refractivity (Wildman–Crippen MR) is 96.4 cm³/mol. The van der Waals surface area contributed by atoms with Crippen molar-refractivity contribution in [3.8, 4) is 0 Å². The molecule has 0 fully saturated rings. The zero-order valence-corrected chi connectivity index (χ0v) is 13.7. The number of hydrogen-bond donors (Lipinski definition) is 3. The summed E-state index contributed by atoms with van der Waals surface area (Å²) in [5.74, 6) is 1.53. The van der Waals surface area contributed by atoms with Crippen molar-refractivity contribution in [2.45, 2.75) is 45.4 Å². The number of fused-ring (bicyclic) bond motifs is 3. The Hall–Kier alpha value is -2.14. The minimum Gasteiger partial charge on any atom is -0.382 e. The molecule has 2 heterocycles. The lowest BCUT2D eigenvalue weighted by Gasteiger charge is -2.07. The van der Waals surface area contributed by atoms with Gasteiger partial charge in [0.2, 0.25) is 0 Å². The molecule has 3 rings (SSSR count). The van der Waals surface area contributed by atoms with Crippen molar-refractivity contribution in [2.75, 3.05) is 12.3 Å². The van der Waals surface area contributed by atoms with E-state index < -0.39 is 0 Å². The number of nitrogen functional groups attached to an aromatic ring is 1. The SMILES string of the molecule is CCCCc1nc2c([nH]1)c(N)nc1cccc(CCCCN)c12. The number of aryl methyl sites for hydroxylation is 2. The summed E-state index contributed by atoms with van der Waals surface area (Å²) in [4.78, 5) is 12.8. The van der Waals surface area contributed by atoms with Crippen molar-refractivity contribution < 1.29 is 0 Å². The van der Waals surface area contributed by atoms with Crippen LogP contribution < -0.4 is 11.5 Å². The molecule has 1 aromatic carbocycles. The second-order valence-electron chi connectivity index (χ2n) is 6.06. The van der Waals surface area contributed by atoms with E-state index in [9.17, 15) is 0 Å². The number of nitrogens with one attached hydrogen (secondary N) is 1. The summed E-state index contributed by atoms with van der Waals surface area (Å²) < 4.78 is 0. The van der Waals surface area contributed by atoms with E-state index >= 15 is 0 Å². The minimum absolute atomic E-state index is 0.529. The molecular weight excluding hydrogens is 286 g/mol. The lowest BCUT2D eigenvalue weighted by molar-refractivity contribution is 0.747. The van der Waals surface area contributed by atoms with E-state index in [4.69, 9.17) is 16.5 Å².